The molecule has 0 aliphatic carbocycles. The van der Waals surface area contributed by atoms with E-state index in [1.54, 1.807) is 6.92 Å². The van der Waals surface area contributed by atoms with Crippen molar-refractivity contribution in [1.82, 2.24) is 4.98 Å². The average molecular weight is 215 g/mol. The molecule has 0 amide bonds. The molecule has 0 radical (unpaired) electrons. The van der Waals surface area contributed by atoms with E-state index in [1.807, 2.05) is 0 Å². The van der Waals surface area contributed by atoms with E-state index in [1.165, 1.54) is 13.3 Å². The molecule has 0 saturated carbocycles. The number of Topliss-reactive ketones (excluding diaryl/α,β-unsaturated/α-hetero) is 1. The number of methoxy groups -OCH3 is 1. The number of thiazole rings is 1. The number of hydrogen-bond acceptors (Lipinski definition) is 6. The Balaban J connectivity index is 2.74. The molecule has 0 saturated heterocycles. The predicted molar refractivity (Wildman–Crippen MR) is 49.6 cm³/mol. The lowest BCUT2D eigenvalue weighted by Crippen LogP contribution is -2.16. The summed E-state index contributed by atoms with van der Waals surface area (Å²) in [6.07, 6.45) is 1.29. The fourth-order valence-corrected chi connectivity index (χ4v) is 1.41. The molecule has 6 heteroatoms. The Morgan fingerprint density at radius 1 is 1.57 bits per heavy atom. The summed E-state index contributed by atoms with van der Waals surface area (Å²) >= 11 is 1.01. The van der Waals surface area contributed by atoms with Gasteiger partial charge < -0.3 is 9.47 Å². The number of ether oxygens (including phenoxy) is 2. The second kappa shape index (κ2) is 4.71. The third-order valence-electron chi connectivity index (χ3n) is 1.34. The molecule has 0 aliphatic heterocycles. The van der Waals surface area contributed by atoms with E-state index in [0.29, 0.717) is 5.19 Å². The molecule has 1 aromatic heterocycles. The molecule has 0 unspecified atom stereocenters. The number of ketones is 1. The van der Waals surface area contributed by atoms with E-state index < -0.39 is 11.8 Å². The zero-order chi connectivity index (χ0) is 10.6. The van der Waals surface area contributed by atoms with Crippen LogP contribution in [0.5, 0.6) is 5.19 Å². The van der Waals surface area contributed by atoms with Crippen LogP contribution in [-0.4, -0.2) is 30.5 Å². The Kier molecular flexibility index (Phi) is 3.58. The largest absolute Gasteiger partial charge is 0.473 e. The normalized spacial score (nSPS) is 9.57. The van der Waals surface area contributed by atoms with Crippen molar-refractivity contribution in [3.63, 3.8) is 0 Å². The van der Waals surface area contributed by atoms with Gasteiger partial charge in [-0.05, 0) is 6.92 Å². The zero-order valence-electron chi connectivity index (χ0n) is 7.77. The maximum Gasteiger partial charge on any atom is 0.380 e. The van der Waals surface area contributed by atoms with Crippen LogP contribution >= 0.6 is 11.3 Å². The van der Waals surface area contributed by atoms with Gasteiger partial charge in [0.25, 0.3) is 11.0 Å². The van der Waals surface area contributed by atoms with Crippen LogP contribution in [0.4, 0.5) is 0 Å². The Morgan fingerprint density at radius 2 is 2.29 bits per heavy atom. The molecule has 0 N–H and O–H groups in total. The maximum absolute atomic E-state index is 11.3. The molecule has 1 aromatic rings. The third-order valence-corrected chi connectivity index (χ3v) is 2.30. The van der Waals surface area contributed by atoms with Gasteiger partial charge in [-0.25, -0.2) is 9.78 Å². The molecule has 0 aliphatic rings. The average Bonchev–Trinajstić information content (AvgIpc) is 2.65. The summed E-state index contributed by atoms with van der Waals surface area (Å²) < 4.78 is 9.34. The van der Waals surface area contributed by atoms with Crippen molar-refractivity contribution >= 4 is 23.1 Å². The predicted octanol–water partition coefficient (Wildman–Crippen LogP) is 0.897. The number of aromatic nitrogens is 1. The number of nitrogens with zero attached hydrogens (tertiary/aromatic N) is 1. The van der Waals surface area contributed by atoms with E-state index in [-0.39, 0.29) is 11.5 Å². The van der Waals surface area contributed by atoms with Crippen molar-refractivity contribution in [1.29, 1.82) is 0 Å². The molecule has 1 heterocycles. The van der Waals surface area contributed by atoms with E-state index in [9.17, 15) is 9.59 Å². The van der Waals surface area contributed by atoms with E-state index in [0.717, 1.165) is 11.3 Å². The zero-order valence-corrected chi connectivity index (χ0v) is 8.59. The van der Waals surface area contributed by atoms with Gasteiger partial charge in [0.1, 0.15) is 4.88 Å². The van der Waals surface area contributed by atoms with Gasteiger partial charge in [-0.3, -0.25) is 4.79 Å². The van der Waals surface area contributed by atoms with Gasteiger partial charge in [0, 0.05) is 0 Å². The van der Waals surface area contributed by atoms with E-state index >= 15 is 0 Å². The molecule has 0 bridgehead atoms. The summed E-state index contributed by atoms with van der Waals surface area (Å²) in [6.45, 7) is 1.82. The van der Waals surface area contributed by atoms with Crippen LogP contribution in [0.2, 0.25) is 0 Å². The first-order valence-corrected chi connectivity index (χ1v) is 4.72. The van der Waals surface area contributed by atoms with Gasteiger partial charge in [0.2, 0.25) is 0 Å². The Morgan fingerprint density at radius 3 is 2.79 bits per heavy atom. The molecule has 0 aromatic carbocycles. The second-order valence-corrected chi connectivity index (χ2v) is 3.24. The van der Waals surface area contributed by atoms with Crippen molar-refractivity contribution < 1.29 is 19.1 Å². The van der Waals surface area contributed by atoms with Crippen LogP contribution in [0, 0.1) is 0 Å². The standard InChI is InChI=1S/C8H9NO4S/c1-3-13-7(11)6(10)5-4-9-8(12-2)14-5/h4H,3H2,1-2H3. The van der Waals surface area contributed by atoms with Gasteiger partial charge in [-0.1, -0.05) is 11.3 Å². The summed E-state index contributed by atoms with van der Waals surface area (Å²) in [4.78, 5) is 26.3. The molecule has 76 valence electrons. The van der Waals surface area contributed by atoms with Crippen molar-refractivity contribution in [3.05, 3.63) is 11.1 Å². The van der Waals surface area contributed by atoms with Crippen LogP contribution in [0.15, 0.2) is 6.20 Å². The highest BCUT2D eigenvalue weighted by Gasteiger charge is 2.20. The highest BCUT2D eigenvalue weighted by molar-refractivity contribution is 7.16. The summed E-state index contributed by atoms with van der Waals surface area (Å²) in [6, 6.07) is 0. The number of carbonyl (C=O) groups is 2. The summed E-state index contributed by atoms with van der Waals surface area (Å²) in [5.41, 5.74) is 0. The minimum absolute atomic E-state index is 0.181. The number of esters is 1. The quantitative estimate of drug-likeness (QED) is 0.424. The van der Waals surface area contributed by atoms with Gasteiger partial charge in [0.15, 0.2) is 0 Å². The molecule has 0 spiro atoms. The van der Waals surface area contributed by atoms with Crippen LogP contribution in [-0.2, 0) is 9.53 Å². The van der Waals surface area contributed by atoms with Gasteiger partial charge in [-0.2, -0.15) is 0 Å². The number of rotatable bonds is 4. The molecule has 0 fully saturated rings. The van der Waals surface area contributed by atoms with E-state index in [2.05, 4.69) is 9.72 Å². The lowest BCUT2D eigenvalue weighted by atomic mass is 10.3. The summed E-state index contributed by atoms with van der Waals surface area (Å²) in [5.74, 6) is -1.55. The minimum Gasteiger partial charge on any atom is -0.473 e. The first kappa shape index (κ1) is 10.6. The smallest absolute Gasteiger partial charge is 0.380 e. The van der Waals surface area contributed by atoms with Crippen LogP contribution in [0.3, 0.4) is 0 Å². The SMILES string of the molecule is CCOC(=O)C(=O)c1cnc(OC)s1. The number of carbonyl (C=O) groups excluding carboxylic acids is 2. The first-order chi connectivity index (χ1) is 6.69. The van der Waals surface area contributed by atoms with Crippen molar-refractivity contribution in [3.8, 4) is 5.19 Å². The molecule has 5 nitrogen and oxygen atoms in total. The lowest BCUT2D eigenvalue weighted by Gasteiger charge is -1.96. The first-order valence-electron chi connectivity index (χ1n) is 3.90. The highest BCUT2D eigenvalue weighted by atomic mass is 32.1. The summed E-state index contributed by atoms with van der Waals surface area (Å²) in [5, 5.41) is 0.345. The van der Waals surface area contributed by atoms with Crippen LogP contribution in [0.25, 0.3) is 0 Å². The molecule has 0 atom stereocenters. The minimum atomic E-state index is -0.862. The molecular weight excluding hydrogens is 206 g/mol. The monoisotopic (exact) mass is 215 g/mol. The molecule has 1 rings (SSSR count). The van der Waals surface area contributed by atoms with Gasteiger partial charge >= 0.3 is 5.97 Å². The van der Waals surface area contributed by atoms with Gasteiger partial charge in [0.05, 0.1) is 19.9 Å². The van der Waals surface area contributed by atoms with Crippen LogP contribution in [0.1, 0.15) is 16.6 Å². The highest BCUT2D eigenvalue weighted by Crippen LogP contribution is 2.20. The summed E-state index contributed by atoms with van der Waals surface area (Å²) in [7, 11) is 1.44. The van der Waals surface area contributed by atoms with Gasteiger partial charge in [-0.15, -0.1) is 0 Å². The Bertz CT molecular complexity index is 347. The Labute approximate surface area is 84.7 Å². The molecular formula is C8H9NO4S. The lowest BCUT2D eigenvalue weighted by molar-refractivity contribution is -0.137. The van der Waals surface area contributed by atoms with Crippen molar-refractivity contribution in [2.75, 3.05) is 13.7 Å². The van der Waals surface area contributed by atoms with Crippen molar-refractivity contribution in [2.24, 2.45) is 0 Å². The van der Waals surface area contributed by atoms with E-state index in [4.69, 9.17) is 4.74 Å². The molecule has 14 heavy (non-hydrogen) atoms. The fraction of sp³-hybridized carbons (Fsp3) is 0.375. The van der Waals surface area contributed by atoms with Crippen molar-refractivity contribution in [2.45, 2.75) is 6.92 Å². The topological polar surface area (TPSA) is 65.5 Å². The Hall–Kier alpha value is -1.43. The second-order valence-electron chi connectivity index (χ2n) is 2.24. The number of hydrogen-bond donors (Lipinski definition) is 0. The van der Waals surface area contributed by atoms with Crippen LogP contribution < -0.4 is 4.74 Å². The maximum atomic E-state index is 11.3. The third kappa shape index (κ3) is 2.29. The fourth-order valence-electron chi connectivity index (χ4n) is 0.755.